The average Bonchev–Trinajstić information content (AvgIpc) is 2.95. The van der Waals surface area contributed by atoms with E-state index in [-0.39, 0.29) is 11.3 Å². The van der Waals surface area contributed by atoms with Gasteiger partial charge < -0.3 is 9.64 Å². The number of methoxy groups -OCH3 is 1. The molecule has 2 rings (SSSR count). The van der Waals surface area contributed by atoms with Crippen LogP contribution in [0.25, 0.3) is 0 Å². The summed E-state index contributed by atoms with van der Waals surface area (Å²) >= 11 is 0. The van der Waals surface area contributed by atoms with Gasteiger partial charge in [-0.1, -0.05) is 18.6 Å². The molecule has 1 saturated carbocycles. The van der Waals surface area contributed by atoms with Crippen LogP contribution in [-0.2, 0) is 16.3 Å². The second kappa shape index (κ2) is 6.79. The SMILES string of the molecule is COc1ccc(CCN(C)[C@H]2CCC[C@H]2S(C)(=O)=O)cc1. The predicted octanol–water partition coefficient (Wildman–Crippen LogP) is 2.14. The summed E-state index contributed by atoms with van der Waals surface area (Å²) in [5.41, 5.74) is 1.25. The Morgan fingerprint density at radius 3 is 2.48 bits per heavy atom. The van der Waals surface area contributed by atoms with Crippen molar-refractivity contribution in [3.8, 4) is 5.75 Å². The van der Waals surface area contributed by atoms with Crippen LogP contribution < -0.4 is 4.74 Å². The van der Waals surface area contributed by atoms with Gasteiger partial charge in [-0.2, -0.15) is 0 Å². The summed E-state index contributed by atoms with van der Waals surface area (Å²) in [6, 6.07) is 8.22. The second-order valence-electron chi connectivity index (χ2n) is 5.94. The Bertz CT molecular complexity index is 553. The lowest BCUT2D eigenvalue weighted by atomic mass is 10.1. The highest BCUT2D eigenvalue weighted by molar-refractivity contribution is 7.91. The molecule has 118 valence electrons. The Kier molecular flexibility index (Phi) is 5.27. The summed E-state index contributed by atoms with van der Waals surface area (Å²) in [4.78, 5) is 2.21. The second-order valence-corrected chi connectivity index (χ2v) is 8.21. The van der Waals surface area contributed by atoms with E-state index in [0.717, 1.165) is 38.0 Å². The lowest BCUT2D eigenvalue weighted by Gasteiger charge is -2.28. The van der Waals surface area contributed by atoms with Gasteiger partial charge in [0.15, 0.2) is 9.84 Å². The number of hydrogen-bond acceptors (Lipinski definition) is 4. The number of ether oxygens (including phenoxy) is 1. The summed E-state index contributed by atoms with van der Waals surface area (Å²) in [5, 5.41) is -0.196. The van der Waals surface area contributed by atoms with E-state index in [1.54, 1.807) is 7.11 Å². The molecule has 0 aromatic heterocycles. The number of likely N-dealkylation sites (N-methyl/N-ethyl adjacent to an activating group) is 1. The van der Waals surface area contributed by atoms with Crippen LogP contribution in [-0.4, -0.2) is 51.6 Å². The minimum Gasteiger partial charge on any atom is -0.497 e. The lowest BCUT2D eigenvalue weighted by molar-refractivity contribution is 0.249. The molecule has 1 aromatic carbocycles. The fourth-order valence-corrected chi connectivity index (χ4v) is 4.68. The van der Waals surface area contributed by atoms with E-state index in [0.29, 0.717) is 0 Å². The molecule has 0 unspecified atom stereocenters. The summed E-state index contributed by atoms with van der Waals surface area (Å²) in [6.07, 6.45) is 5.09. The molecular formula is C16H25NO3S. The maximum absolute atomic E-state index is 11.9. The first-order valence-corrected chi connectivity index (χ1v) is 9.39. The molecule has 0 N–H and O–H groups in total. The molecule has 0 spiro atoms. The molecule has 21 heavy (non-hydrogen) atoms. The third-order valence-electron chi connectivity index (χ3n) is 4.45. The number of hydrogen-bond donors (Lipinski definition) is 0. The number of nitrogens with zero attached hydrogens (tertiary/aromatic N) is 1. The van der Waals surface area contributed by atoms with Gasteiger partial charge in [-0.3, -0.25) is 0 Å². The molecule has 5 heteroatoms. The van der Waals surface area contributed by atoms with Crippen molar-refractivity contribution in [3.05, 3.63) is 29.8 Å². The van der Waals surface area contributed by atoms with E-state index >= 15 is 0 Å². The van der Waals surface area contributed by atoms with E-state index in [4.69, 9.17) is 4.74 Å². The van der Waals surface area contributed by atoms with E-state index in [9.17, 15) is 8.42 Å². The standard InChI is InChI=1S/C16H25NO3S/c1-17(15-5-4-6-16(15)21(3,18)19)12-11-13-7-9-14(20-2)10-8-13/h7-10,15-16H,4-6,11-12H2,1-3H3/t15-,16+/m0/s1. The summed E-state index contributed by atoms with van der Waals surface area (Å²) < 4.78 is 28.9. The van der Waals surface area contributed by atoms with E-state index in [1.807, 2.05) is 19.2 Å². The molecule has 1 aliphatic carbocycles. The van der Waals surface area contributed by atoms with Gasteiger partial charge in [-0.15, -0.1) is 0 Å². The molecule has 4 nitrogen and oxygen atoms in total. The highest BCUT2D eigenvalue weighted by Crippen LogP contribution is 2.28. The highest BCUT2D eigenvalue weighted by Gasteiger charge is 2.36. The van der Waals surface area contributed by atoms with Gasteiger partial charge in [0.2, 0.25) is 0 Å². The Morgan fingerprint density at radius 2 is 1.90 bits per heavy atom. The molecule has 0 amide bonds. The average molecular weight is 311 g/mol. The Morgan fingerprint density at radius 1 is 1.24 bits per heavy atom. The molecule has 2 atom stereocenters. The maximum Gasteiger partial charge on any atom is 0.151 e. The number of benzene rings is 1. The van der Waals surface area contributed by atoms with Gasteiger partial charge in [-0.25, -0.2) is 8.42 Å². The molecule has 0 radical (unpaired) electrons. The quantitative estimate of drug-likeness (QED) is 0.807. The molecule has 1 fully saturated rings. The summed E-state index contributed by atoms with van der Waals surface area (Å²) in [6.45, 7) is 0.878. The lowest BCUT2D eigenvalue weighted by Crippen LogP contribution is -2.42. The third-order valence-corrected chi connectivity index (χ3v) is 6.10. The van der Waals surface area contributed by atoms with Crippen LogP contribution in [0.15, 0.2) is 24.3 Å². The first kappa shape index (κ1) is 16.3. The zero-order chi connectivity index (χ0) is 15.5. The first-order chi connectivity index (χ1) is 9.91. The van der Waals surface area contributed by atoms with Gasteiger partial charge in [0, 0.05) is 18.8 Å². The monoisotopic (exact) mass is 311 g/mol. The zero-order valence-corrected chi connectivity index (χ0v) is 13.9. The van der Waals surface area contributed by atoms with E-state index < -0.39 is 9.84 Å². The Labute approximate surface area is 128 Å². The molecule has 0 heterocycles. The van der Waals surface area contributed by atoms with Crippen molar-refractivity contribution < 1.29 is 13.2 Å². The van der Waals surface area contributed by atoms with Crippen molar-refractivity contribution in [2.45, 2.75) is 37.0 Å². The van der Waals surface area contributed by atoms with E-state index in [2.05, 4.69) is 17.0 Å². The fourth-order valence-electron chi connectivity index (χ4n) is 3.17. The normalized spacial score (nSPS) is 22.7. The van der Waals surface area contributed by atoms with Crippen LogP contribution in [0.4, 0.5) is 0 Å². The smallest absolute Gasteiger partial charge is 0.151 e. The number of rotatable bonds is 6. The largest absolute Gasteiger partial charge is 0.497 e. The third kappa shape index (κ3) is 4.20. The van der Waals surface area contributed by atoms with Crippen molar-refractivity contribution >= 4 is 9.84 Å². The molecule has 0 bridgehead atoms. The van der Waals surface area contributed by atoms with Crippen molar-refractivity contribution in [1.82, 2.24) is 4.90 Å². The van der Waals surface area contributed by atoms with Gasteiger partial charge in [0.25, 0.3) is 0 Å². The summed E-state index contributed by atoms with van der Waals surface area (Å²) in [5.74, 6) is 0.861. The minimum absolute atomic E-state index is 0.165. The fraction of sp³-hybridized carbons (Fsp3) is 0.625. The van der Waals surface area contributed by atoms with Crippen LogP contribution in [0.1, 0.15) is 24.8 Å². The van der Waals surface area contributed by atoms with Crippen molar-refractivity contribution in [2.24, 2.45) is 0 Å². The number of sulfone groups is 1. The minimum atomic E-state index is -2.95. The van der Waals surface area contributed by atoms with Crippen LogP contribution in [0, 0.1) is 0 Å². The van der Waals surface area contributed by atoms with E-state index in [1.165, 1.54) is 11.8 Å². The topological polar surface area (TPSA) is 46.6 Å². The maximum atomic E-state index is 11.9. The van der Waals surface area contributed by atoms with Crippen LogP contribution in [0.2, 0.25) is 0 Å². The Hall–Kier alpha value is -1.07. The predicted molar refractivity (Wildman–Crippen MR) is 85.6 cm³/mol. The van der Waals surface area contributed by atoms with Gasteiger partial charge in [0.1, 0.15) is 5.75 Å². The molecule has 0 aliphatic heterocycles. The zero-order valence-electron chi connectivity index (χ0n) is 13.1. The highest BCUT2D eigenvalue weighted by atomic mass is 32.2. The van der Waals surface area contributed by atoms with Crippen molar-refractivity contribution in [3.63, 3.8) is 0 Å². The van der Waals surface area contributed by atoms with Crippen LogP contribution >= 0.6 is 0 Å². The van der Waals surface area contributed by atoms with Crippen molar-refractivity contribution in [2.75, 3.05) is 27.0 Å². The molecular weight excluding hydrogens is 286 g/mol. The molecule has 0 saturated heterocycles. The summed E-state index contributed by atoms with van der Waals surface area (Å²) in [7, 11) is 0.753. The van der Waals surface area contributed by atoms with Gasteiger partial charge in [-0.05, 0) is 44.0 Å². The van der Waals surface area contributed by atoms with Crippen LogP contribution in [0.3, 0.4) is 0 Å². The first-order valence-electron chi connectivity index (χ1n) is 7.44. The Balaban J connectivity index is 1.93. The molecule has 1 aliphatic rings. The van der Waals surface area contributed by atoms with Gasteiger partial charge >= 0.3 is 0 Å². The van der Waals surface area contributed by atoms with Crippen LogP contribution in [0.5, 0.6) is 5.75 Å². The van der Waals surface area contributed by atoms with Crippen molar-refractivity contribution in [1.29, 1.82) is 0 Å². The molecule has 1 aromatic rings. The van der Waals surface area contributed by atoms with Gasteiger partial charge in [0.05, 0.1) is 12.4 Å².